The molecule has 0 aliphatic carbocycles. The van der Waals surface area contributed by atoms with Gasteiger partial charge in [-0.1, -0.05) is 38.1 Å². The van der Waals surface area contributed by atoms with Gasteiger partial charge in [-0.2, -0.15) is 0 Å². The number of hydrogen-bond donors (Lipinski definition) is 2. The summed E-state index contributed by atoms with van der Waals surface area (Å²) < 4.78 is 0. The Bertz CT molecular complexity index is 298. The minimum atomic E-state index is 0. The van der Waals surface area contributed by atoms with Gasteiger partial charge in [0.05, 0.1) is 0 Å². The number of rotatable bonds is 8. The molecule has 0 saturated carbocycles. The summed E-state index contributed by atoms with van der Waals surface area (Å²) in [5.74, 6) is 0.607. The number of nitrogens with one attached hydrogen (secondary N) is 1. The van der Waals surface area contributed by atoms with E-state index in [0.717, 1.165) is 32.4 Å². The molecule has 0 heterocycles. The highest BCUT2D eigenvalue weighted by atomic mass is 35.5. The van der Waals surface area contributed by atoms with E-state index in [2.05, 4.69) is 43.4 Å². The number of aliphatic hydroxyl groups excluding tert-OH is 1. The van der Waals surface area contributed by atoms with Gasteiger partial charge in [-0.15, -0.1) is 12.4 Å². The molecule has 0 bridgehead atoms. The van der Waals surface area contributed by atoms with Gasteiger partial charge >= 0.3 is 0 Å². The summed E-state index contributed by atoms with van der Waals surface area (Å²) in [5, 5.41) is 12.1. The Labute approximate surface area is 117 Å². The van der Waals surface area contributed by atoms with Gasteiger partial charge in [0.2, 0.25) is 0 Å². The molecule has 0 unspecified atom stereocenters. The van der Waals surface area contributed by atoms with E-state index in [9.17, 15) is 0 Å². The Hall–Kier alpha value is -0.570. The maximum atomic E-state index is 8.65. The van der Waals surface area contributed by atoms with Crippen LogP contribution in [0.3, 0.4) is 0 Å². The Kier molecular flexibility index (Phi) is 10.0. The second kappa shape index (κ2) is 10.4. The van der Waals surface area contributed by atoms with Crippen LogP contribution in [0.4, 0.5) is 0 Å². The molecule has 104 valence electrons. The maximum Gasteiger partial charge on any atom is 0.0431 e. The third kappa shape index (κ3) is 7.00. The quantitative estimate of drug-likeness (QED) is 0.710. The molecule has 0 radical (unpaired) electrons. The zero-order valence-electron chi connectivity index (χ0n) is 11.5. The molecule has 0 fully saturated rings. The van der Waals surface area contributed by atoms with Gasteiger partial charge < -0.3 is 10.4 Å². The summed E-state index contributed by atoms with van der Waals surface area (Å²) >= 11 is 0. The summed E-state index contributed by atoms with van der Waals surface area (Å²) in [6.45, 7) is 6.73. The SMILES string of the molecule is CC(C)c1ccc(CNCCCCCO)cc1.Cl. The van der Waals surface area contributed by atoms with Crippen LogP contribution in [0.15, 0.2) is 24.3 Å². The minimum Gasteiger partial charge on any atom is -0.396 e. The smallest absolute Gasteiger partial charge is 0.0431 e. The third-order valence-corrected chi connectivity index (χ3v) is 2.99. The van der Waals surface area contributed by atoms with E-state index in [0.29, 0.717) is 12.5 Å². The molecule has 0 atom stereocenters. The first-order valence-electron chi connectivity index (χ1n) is 6.64. The Morgan fingerprint density at radius 1 is 1.06 bits per heavy atom. The maximum absolute atomic E-state index is 8.65. The van der Waals surface area contributed by atoms with Crippen LogP contribution >= 0.6 is 12.4 Å². The van der Waals surface area contributed by atoms with E-state index < -0.39 is 0 Å². The van der Waals surface area contributed by atoms with Gasteiger partial charge in [-0.05, 0) is 42.9 Å². The number of aliphatic hydroxyl groups is 1. The van der Waals surface area contributed by atoms with Crippen molar-refractivity contribution < 1.29 is 5.11 Å². The van der Waals surface area contributed by atoms with Crippen LogP contribution in [-0.4, -0.2) is 18.3 Å². The normalized spacial score (nSPS) is 10.4. The fourth-order valence-corrected chi connectivity index (χ4v) is 1.79. The zero-order valence-corrected chi connectivity index (χ0v) is 12.3. The lowest BCUT2D eigenvalue weighted by molar-refractivity contribution is 0.283. The van der Waals surface area contributed by atoms with E-state index in [1.807, 2.05) is 0 Å². The minimum absolute atomic E-state index is 0. The molecule has 2 N–H and O–H groups in total. The third-order valence-electron chi connectivity index (χ3n) is 2.99. The predicted molar refractivity (Wildman–Crippen MR) is 80.4 cm³/mol. The molecule has 1 aromatic carbocycles. The van der Waals surface area contributed by atoms with Crippen LogP contribution < -0.4 is 5.32 Å². The summed E-state index contributed by atoms with van der Waals surface area (Å²) in [5.41, 5.74) is 2.74. The van der Waals surface area contributed by atoms with Crippen molar-refractivity contribution in [2.75, 3.05) is 13.2 Å². The lowest BCUT2D eigenvalue weighted by Crippen LogP contribution is -2.14. The summed E-state index contributed by atoms with van der Waals surface area (Å²) in [7, 11) is 0. The number of hydrogen-bond acceptors (Lipinski definition) is 2. The molecule has 2 nitrogen and oxygen atoms in total. The van der Waals surface area contributed by atoms with E-state index in [1.54, 1.807) is 0 Å². The zero-order chi connectivity index (χ0) is 12.5. The van der Waals surface area contributed by atoms with Gasteiger partial charge in [0, 0.05) is 13.2 Å². The van der Waals surface area contributed by atoms with E-state index in [4.69, 9.17) is 5.11 Å². The molecule has 0 aromatic heterocycles. The van der Waals surface area contributed by atoms with Gasteiger partial charge in [0.1, 0.15) is 0 Å². The molecule has 1 aromatic rings. The Balaban J connectivity index is 0.00000289. The highest BCUT2D eigenvalue weighted by molar-refractivity contribution is 5.85. The van der Waals surface area contributed by atoms with Crippen LogP contribution in [0.2, 0.25) is 0 Å². The molecule has 0 spiro atoms. The Morgan fingerprint density at radius 2 is 1.72 bits per heavy atom. The van der Waals surface area contributed by atoms with Crippen molar-refractivity contribution >= 4 is 12.4 Å². The van der Waals surface area contributed by atoms with Crippen LogP contribution in [0, 0.1) is 0 Å². The van der Waals surface area contributed by atoms with Crippen molar-refractivity contribution in [3.05, 3.63) is 35.4 Å². The lowest BCUT2D eigenvalue weighted by atomic mass is 10.0. The highest BCUT2D eigenvalue weighted by Crippen LogP contribution is 2.14. The second-order valence-corrected chi connectivity index (χ2v) is 4.86. The summed E-state index contributed by atoms with van der Waals surface area (Å²) in [6, 6.07) is 8.84. The van der Waals surface area contributed by atoms with Crippen LogP contribution in [0.5, 0.6) is 0 Å². The van der Waals surface area contributed by atoms with Crippen molar-refractivity contribution in [1.29, 1.82) is 0 Å². The Morgan fingerprint density at radius 3 is 2.28 bits per heavy atom. The lowest BCUT2D eigenvalue weighted by Gasteiger charge is -2.08. The van der Waals surface area contributed by atoms with Gasteiger partial charge in [-0.25, -0.2) is 0 Å². The molecule has 3 heteroatoms. The molecule has 0 aliphatic heterocycles. The van der Waals surface area contributed by atoms with Crippen LogP contribution in [0.1, 0.15) is 50.2 Å². The van der Waals surface area contributed by atoms with Crippen molar-refractivity contribution in [1.82, 2.24) is 5.32 Å². The van der Waals surface area contributed by atoms with Gasteiger partial charge in [0.25, 0.3) is 0 Å². The van der Waals surface area contributed by atoms with Crippen molar-refractivity contribution in [2.24, 2.45) is 0 Å². The highest BCUT2D eigenvalue weighted by Gasteiger charge is 1.98. The monoisotopic (exact) mass is 271 g/mol. The van der Waals surface area contributed by atoms with Gasteiger partial charge in [-0.3, -0.25) is 0 Å². The molecule has 18 heavy (non-hydrogen) atoms. The number of halogens is 1. The van der Waals surface area contributed by atoms with Crippen molar-refractivity contribution in [3.63, 3.8) is 0 Å². The first kappa shape index (κ1) is 17.4. The topological polar surface area (TPSA) is 32.3 Å². The predicted octanol–water partition coefficient (Wildman–Crippen LogP) is 3.48. The fraction of sp³-hybridized carbons (Fsp3) is 0.600. The molecular formula is C15H26ClNO. The first-order valence-corrected chi connectivity index (χ1v) is 6.64. The average Bonchev–Trinajstić information content (AvgIpc) is 2.34. The molecule has 0 amide bonds. The van der Waals surface area contributed by atoms with E-state index >= 15 is 0 Å². The van der Waals surface area contributed by atoms with Crippen molar-refractivity contribution in [3.8, 4) is 0 Å². The number of unbranched alkanes of at least 4 members (excludes halogenated alkanes) is 2. The molecule has 1 rings (SSSR count). The van der Waals surface area contributed by atoms with Crippen LogP contribution in [0.25, 0.3) is 0 Å². The van der Waals surface area contributed by atoms with Crippen molar-refractivity contribution in [2.45, 2.75) is 45.6 Å². The number of benzene rings is 1. The van der Waals surface area contributed by atoms with E-state index in [1.165, 1.54) is 11.1 Å². The second-order valence-electron chi connectivity index (χ2n) is 4.86. The van der Waals surface area contributed by atoms with Crippen LogP contribution in [-0.2, 0) is 6.54 Å². The molecule has 0 aliphatic rings. The molecule has 0 saturated heterocycles. The largest absolute Gasteiger partial charge is 0.396 e. The fourth-order valence-electron chi connectivity index (χ4n) is 1.79. The van der Waals surface area contributed by atoms with Gasteiger partial charge in [0.15, 0.2) is 0 Å². The first-order chi connectivity index (χ1) is 8.24. The standard InChI is InChI=1S/C15H25NO.ClH/c1-13(2)15-8-6-14(7-9-15)12-16-10-4-3-5-11-17;/h6-9,13,16-17H,3-5,10-12H2,1-2H3;1H. The summed E-state index contributed by atoms with van der Waals surface area (Å²) in [6.07, 6.45) is 3.17. The van der Waals surface area contributed by atoms with E-state index in [-0.39, 0.29) is 12.4 Å². The summed E-state index contributed by atoms with van der Waals surface area (Å²) in [4.78, 5) is 0. The molecular weight excluding hydrogens is 246 g/mol. The average molecular weight is 272 g/mol.